The van der Waals surface area contributed by atoms with Crippen LogP contribution >= 0.6 is 7.14 Å². The minimum atomic E-state index is -2.94. The van der Waals surface area contributed by atoms with Gasteiger partial charge in [0.25, 0.3) is 0 Å². The molecule has 3 nitrogen and oxygen atoms in total. The third-order valence-corrected chi connectivity index (χ3v) is 7.79. The van der Waals surface area contributed by atoms with Crippen LogP contribution in [0.25, 0.3) is 0 Å². The van der Waals surface area contributed by atoms with Gasteiger partial charge in [-0.3, -0.25) is 4.79 Å². The standard InChI is InChI=1S/C24H20NO2P/c26-21-16-19(24(17-21)25-20-10-4-1-5-11-20)18-28(27,22-12-6-2-7-13-22)23-14-8-3-9-15-23/h1-17,25H,18H2. The summed E-state index contributed by atoms with van der Waals surface area (Å²) in [6.07, 6.45) is 3.45. The fourth-order valence-electron chi connectivity index (χ4n) is 3.36. The Morgan fingerprint density at radius 2 is 1.18 bits per heavy atom. The Kier molecular flexibility index (Phi) is 5.10. The van der Waals surface area contributed by atoms with Gasteiger partial charge in [-0.1, -0.05) is 78.9 Å². The maximum absolute atomic E-state index is 14.3. The number of benzene rings is 3. The summed E-state index contributed by atoms with van der Waals surface area (Å²) in [6.45, 7) is 0. The summed E-state index contributed by atoms with van der Waals surface area (Å²) >= 11 is 0. The van der Waals surface area contributed by atoms with E-state index in [4.69, 9.17) is 0 Å². The summed E-state index contributed by atoms with van der Waals surface area (Å²) in [7, 11) is -2.94. The second-order valence-corrected chi connectivity index (χ2v) is 9.52. The zero-order valence-corrected chi connectivity index (χ0v) is 16.2. The summed E-state index contributed by atoms with van der Waals surface area (Å²) in [5.74, 6) is -0.0823. The molecule has 1 N–H and O–H groups in total. The molecule has 0 unspecified atom stereocenters. The molecule has 3 aromatic rings. The average Bonchev–Trinajstić information content (AvgIpc) is 3.08. The van der Waals surface area contributed by atoms with Crippen molar-refractivity contribution < 1.29 is 9.36 Å². The molecule has 0 saturated heterocycles. The SMILES string of the molecule is O=C1C=C(CP(=O)(c2ccccc2)c2ccccc2)C(Nc2ccccc2)=C1. The summed E-state index contributed by atoms with van der Waals surface area (Å²) in [5.41, 5.74) is 2.37. The molecule has 3 aromatic carbocycles. The molecule has 0 heterocycles. The van der Waals surface area contributed by atoms with Crippen LogP contribution in [0.15, 0.2) is 114 Å². The predicted octanol–water partition coefficient (Wildman–Crippen LogP) is 4.51. The van der Waals surface area contributed by atoms with Gasteiger partial charge in [0.1, 0.15) is 7.14 Å². The quantitative estimate of drug-likeness (QED) is 0.636. The Labute approximate surface area is 164 Å². The lowest BCUT2D eigenvalue weighted by molar-refractivity contribution is -0.110. The highest BCUT2D eigenvalue weighted by Crippen LogP contribution is 2.46. The van der Waals surface area contributed by atoms with Gasteiger partial charge in [-0.25, -0.2) is 0 Å². The van der Waals surface area contributed by atoms with Gasteiger partial charge in [0, 0.05) is 34.2 Å². The zero-order valence-electron chi connectivity index (χ0n) is 15.3. The van der Waals surface area contributed by atoms with Gasteiger partial charge in [-0.05, 0) is 23.8 Å². The number of rotatable bonds is 6. The van der Waals surface area contributed by atoms with E-state index in [2.05, 4.69) is 5.32 Å². The van der Waals surface area contributed by atoms with Gasteiger partial charge < -0.3 is 9.88 Å². The van der Waals surface area contributed by atoms with Crippen LogP contribution in [0, 0.1) is 0 Å². The van der Waals surface area contributed by atoms with E-state index in [1.807, 2.05) is 91.0 Å². The van der Waals surface area contributed by atoms with Crippen molar-refractivity contribution in [2.24, 2.45) is 0 Å². The number of hydrogen-bond donors (Lipinski definition) is 1. The fourth-order valence-corrected chi connectivity index (χ4v) is 6.07. The number of allylic oxidation sites excluding steroid dienone is 3. The smallest absolute Gasteiger partial charge is 0.181 e. The van der Waals surface area contributed by atoms with Crippen molar-refractivity contribution >= 4 is 29.2 Å². The lowest BCUT2D eigenvalue weighted by Gasteiger charge is -2.21. The third kappa shape index (κ3) is 3.76. The monoisotopic (exact) mass is 385 g/mol. The normalized spacial score (nSPS) is 13.8. The second-order valence-electron chi connectivity index (χ2n) is 6.69. The van der Waals surface area contributed by atoms with Crippen molar-refractivity contribution in [2.45, 2.75) is 0 Å². The number of para-hydroxylation sites is 1. The minimum absolute atomic E-state index is 0.0823. The van der Waals surface area contributed by atoms with E-state index in [0.717, 1.165) is 21.9 Å². The zero-order chi connectivity index (χ0) is 19.4. The van der Waals surface area contributed by atoms with E-state index in [1.54, 1.807) is 12.2 Å². The van der Waals surface area contributed by atoms with Crippen molar-refractivity contribution in [3.05, 3.63) is 114 Å². The van der Waals surface area contributed by atoms with Crippen LogP contribution < -0.4 is 15.9 Å². The molecule has 0 aliphatic heterocycles. The van der Waals surface area contributed by atoms with Crippen molar-refractivity contribution in [3.63, 3.8) is 0 Å². The molecule has 0 bridgehead atoms. The van der Waals surface area contributed by atoms with E-state index in [0.29, 0.717) is 11.9 Å². The molecule has 1 aliphatic carbocycles. The summed E-state index contributed by atoms with van der Waals surface area (Å²) in [5, 5.41) is 4.88. The number of carbonyl (C=O) groups excluding carboxylic acids is 1. The molecule has 0 aromatic heterocycles. The van der Waals surface area contributed by atoms with E-state index < -0.39 is 7.14 Å². The lowest BCUT2D eigenvalue weighted by Crippen LogP contribution is -2.20. The average molecular weight is 385 g/mol. The van der Waals surface area contributed by atoms with Crippen LogP contribution in [0.5, 0.6) is 0 Å². The molecule has 0 amide bonds. The van der Waals surface area contributed by atoms with Gasteiger partial charge in [0.05, 0.1) is 0 Å². The first-order chi connectivity index (χ1) is 13.6. The van der Waals surface area contributed by atoms with Gasteiger partial charge in [-0.2, -0.15) is 0 Å². The Morgan fingerprint density at radius 3 is 1.71 bits per heavy atom. The maximum Gasteiger partial charge on any atom is 0.181 e. The molecule has 138 valence electrons. The largest absolute Gasteiger partial charge is 0.355 e. The summed E-state index contributed by atoms with van der Waals surface area (Å²) in [6, 6.07) is 28.7. The first-order valence-corrected chi connectivity index (χ1v) is 11.0. The Balaban J connectivity index is 1.71. The van der Waals surface area contributed by atoms with E-state index in [-0.39, 0.29) is 5.78 Å². The summed E-state index contributed by atoms with van der Waals surface area (Å²) < 4.78 is 14.3. The predicted molar refractivity (Wildman–Crippen MR) is 116 cm³/mol. The highest BCUT2D eigenvalue weighted by Gasteiger charge is 2.31. The molecule has 0 spiro atoms. The van der Waals surface area contributed by atoms with Gasteiger partial charge in [0.2, 0.25) is 0 Å². The molecule has 4 heteroatoms. The van der Waals surface area contributed by atoms with Gasteiger partial charge in [0.15, 0.2) is 5.78 Å². The van der Waals surface area contributed by atoms with Gasteiger partial charge in [-0.15, -0.1) is 0 Å². The second kappa shape index (κ2) is 7.84. The first kappa shape index (κ1) is 18.2. The Bertz CT molecular complexity index is 1040. The third-order valence-electron chi connectivity index (χ3n) is 4.74. The van der Waals surface area contributed by atoms with Crippen LogP contribution in [-0.2, 0) is 9.36 Å². The molecule has 0 atom stereocenters. The van der Waals surface area contributed by atoms with Crippen LogP contribution in [0.2, 0.25) is 0 Å². The molecular formula is C24H20NO2P. The van der Waals surface area contributed by atoms with Gasteiger partial charge >= 0.3 is 0 Å². The number of anilines is 1. The Hall–Kier alpha value is -3.16. The number of hydrogen-bond acceptors (Lipinski definition) is 3. The lowest BCUT2D eigenvalue weighted by atomic mass is 10.2. The molecular weight excluding hydrogens is 365 g/mol. The number of ketones is 1. The molecule has 1 aliphatic rings. The number of nitrogens with one attached hydrogen (secondary N) is 1. The molecule has 0 saturated carbocycles. The van der Waals surface area contributed by atoms with Crippen LogP contribution in [0.4, 0.5) is 5.69 Å². The van der Waals surface area contributed by atoms with E-state index in [1.165, 1.54) is 0 Å². The topological polar surface area (TPSA) is 46.2 Å². The Morgan fingerprint density at radius 1 is 0.679 bits per heavy atom. The van der Waals surface area contributed by atoms with E-state index >= 15 is 0 Å². The maximum atomic E-state index is 14.3. The molecule has 0 fully saturated rings. The molecule has 4 rings (SSSR count). The van der Waals surface area contributed by atoms with Crippen molar-refractivity contribution in [2.75, 3.05) is 11.5 Å². The first-order valence-electron chi connectivity index (χ1n) is 9.14. The van der Waals surface area contributed by atoms with Crippen molar-refractivity contribution in [1.82, 2.24) is 0 Å². The number of carbonyl (C=O) groups is 1. The summed E-state index contributed by atoms with van der Waals surface area (Å²) in [4.78, 5) is 12.1. The molecule has 0 radical (unpaired) electrons. The van der Waals surface area contributed by atoms with Crippen molar-refractivity contribution in [3.8, 4) is 0 Å². The van der Waals surface area contributed by atoms with Crippen LogP contribution in [0.1, 0.15) is 0 Å². The highest BCUT2D eigenvalue weighted by molar-refractivity contribution is 7.78. The molecule has 28 heavy (non-hydrogen) atoms. The van der Waals surface area contributed by atoms with E-state index in [9.17, 15) is 9.36 Å². The van der Waals surface area contributed by atoms with Crippen LogP contribution in [0.3, 0.4) is 0 Å². The van der Waals surface area contributed by atoms with Crippen molar-refractivity contribution in [1.29, 1.82) is 0 Å². The minimum Gasteiger partial charge on any atom is -0.355 e. The van der Waals surface area contributed by atoms with Crippen LogP contribution in [-0.4, -0.2) is 11.9 Å². The fraction of sp³-hybridized carbons (Fsp3) is 0.0417. The highest BCUT2D eigenvalue weighted by atomic mass is 31.2.